The molecule has 1 saturated carbocycles. The summed E-state index contributed by atoms with van der Waals surface area (Å²) in [6.45, 7) is 0.340. The van der Waals surface area contributed by atoms with Gasteiger partial charge >= 0.3 is 5.97 Å². The molecule has 0 aliphatic heterocycles. The van der Waals surface area contributed by atoms with Gasteiger partial charge in [0, 0.05) is 11.6 Å². The molecule has 1 aromatic carbocycles. The van der Waals surface area contributed by atoms with Crippen LogP contribution >= 0.6 is 11.6 Å². The van der Waals surface area contributed by atoms with Crippen molar-refractivity contribution in [3.63, 3.8) is 0 Å². The van der Waals surface area contributed by atoms with E-state index in [-0.39, 0.29) is 5.92 Å². The van der Waals surface area contributed by atoms with Crippen molar-refractivity contribution in [2.75, 3.05) is 0 Å². The van der Waals surface area contributed by atoms with E-state index >= 15 is 0 Å². The Morgan fingerprint density at radius 1 is 1.59 bits per heavy atom. The average Bonchev–Trinajstić information content (AvgIpc) is 3.05. The standard InChI is InChI=1S/C12H13ClFNO2/c13-10-5-9(14)4-3-8(10)6-15-11(12(16)17)7-1-2-7/h3-5,7,11,15H,1-2,6H2,(H,16,17). The fourth-order valence-electron chi connectivity index (χ4n) is 1.77. The van der Waals surface area contributed by atoms with Gasteiger partial charge in [-0.25, -0.2) is 4.39 Å². The Kier molecular flexibility index (Phi) is 3.64. The second kappa shape index (κ2) is 5.02. The van der Waals surface area contributed by atoms with Gasteiger partial charge in [-0.15, -0.1) is 0 Å². The van der Waals surface area contributed by atoms with Crippen LogP contribution in [0.4, 0.5) is 4.39 Å². The summed E-state index contributed by atoms with van der Waals surface area (Å²) < 4.78 is 12.8. The molecule has 5 heteroatoms. The number of carboxylic acid groups (broad SMARTS) is 1. The molecule has 2 N–H and O–H groups in total. The molecule has 1 fully saturated rings. The van der Waals surface area contributed by atoms with Crippen LogP contribution in [0.1, 0.15) is 18.4 Å². The van der Waals surface area contributed by atoms with Gasteiger partial charge in [-0.3, -0.25) is 4.79 Å². The molecular weight excluding hydrogens is 245 g/mol. The number of carboxylic acids is 1. The summed E-state index contributed by atoms with van der Waals surface area (Å²) in [7, 11) is 0. The second-order valence-electron chi connectivity index (χ2n) is 4.27. The number of nitrogens with one attached hydrogen (secondary N) is 1. The summed E-state index contributed by atoms with van der Waals surface area (Å²) in [6.07, 6.45) is 1.89. The number of carbonyl (C=O) groups is 1. The van der Waals surface area contributed by atoms with E-state index in [9.17, 15) is 9.18 Å². The van der Waals surface area contributed by atoms with Crippen LogP contribution in [-0.4, -0.2) is 17.1 Å². The quantitative estimate of drug-likeness (QED) is 0.852. The SMILES string of the molecule is O=C(O)C(NCc1ccc(F)cc1Cl)C1CC1. The molecular formula is C12H13ClFNO2. The molecule has 0 heterocycles. The van der Waals surface area contributed by atoms with E-state index in [1.165, 1.54) is 12.1 Å². The Bertz CT molecular complexity index is 435. The summed E-state index contributed by atoms with van der Waals surface area (Å²) in [5, 5.41) is 12.3. The predicted octanol–water partition coefficient (Wildman–Crippen LogP) is 2.43. The molecule has 1 unspecified atom stereocenters. The van der Waals surface area contributed by atoms with Crippen LogP contribution in [0.3, 0.4) is 0 Å². The molecule has 1 aliphatic carbocycles. The zero-order valence-electron chi connectivity index (χ0n) is 9.12. The molecule has 0 amide bonds. The van der Waals surface area contributed by atoms with Gasteiger partial charge in [-0.05, 0) is 36.5 Å². The lowest BCUT2D eigenvalue weighted by atomic mass is 10.1. The van der Waals surface area contributed by atoms with E-state index in [4.69, 9.17) is 16.7 Å². The first-order valence-electron chi connectivity index (χ1n) is 5.48. The highest BCUT2D eigenvalue weighted by atomic mass is 35.5. The van der Waals surface area contributed by atoms with E-state index in [1.807, 2.05) is 0 Å². The maximum Gasteiger partial charge on any atom is 0.320 e. The van der Waals surface area contributed by atoms with E-state index in [0.29, 0.717) is 17.1 Å². The number of halogens is 2. The number of hydrogen-bond acceptors (Lipinski definition) is 2. The second-order valence-corrected chi connectivity index (χ2v) is 4.68. The van der Waals surface area contributed by atoms with Crippen LogP contribution in [0.15, 0.2) is 18.2 Å². The number of hydrogen-bond donors (Lipinski definition) is 2. The Hall–Kier alpha value is -1.13. The fourth-order valence-corrected chi connectivity index (χ4v) is 2.00. The fraction of sp³-hybridized carbons (Fsp3) is 0.417. The number of aliphatic carboxylic acids is 1. The summed E-state index contributed by atoms with van der Waals surface area (Å²) in [5.74, 6) is -1.02. The first-order valence-corrected chi connectivity index (χ1v) is 5.86. The Labute approximate surface area is 104 Å². The van der Waals surface area contributed by atoms with Crippen molar-refractivity contribution >= 4 is 17.6 Å². The van der Waals surface area contributed by atoms with Gasteiger partial charge in [0.25, 0.3) is 0 Å². The molecule has 0 spiro atoms. The summed E-state index contributed by atoms with van der Waals surface area (Å²) >= 11 is 5.86. The Morgan fingerprint density at radius 3 is 2.82 bits per heavy atom. The van der Waals surface area contributed by atoms with Gasteiger partial charge in [-0.2, -0.15) is 0 Å². The van der Waals surface area contributed by atoms with Crippen molar-refractivity contribution in [2.45, 2.75) is 25.4 Å². The van der Waals surface area contributed by atoms with Crippen LogP contribution in [0, 0.1) is 11.7 Å². The lowest BCUT2D eigenvalue weighted by Gasteiger charge is -2.14. The highest BCUT2D eigenvalue weighted by Crippen LogP contribution is 2.33. The van der Waals surface area contributed by atoms with Gasteiger partial charge in [0.05, 0.1) is 0 Å². The van der Waals surface area contributed by atoms with E-state index in [2.05, 4.69) is 5.32 Å². The van der Waals surface area contributed by atoms with Gasteiger partial charge in [0.15, 0.2) is 0 Å². The summed E-state index contributed by atoms with van der Waals surface area (Å²) in [6, 6.07) is 3.58. The lowest BCUT2D eigenvalue weighted by Crippen LogP contribution is -2.38. The van der Waals surface area contributed by atoms with Crippen LogP contribution in [-0.2, 0) is 11.3 Å². The third-order valence-electron chi connectivity index (χ3n) is 2.89. The maximum absolute atomic E-state index is 12.8. The van der Waals surface area contributed by atoms with Crippen molar-refractivity contribution < 1.29 is 14.3 Å². The van der Waals surface area contributed by atoms with Crippen molar-refractivity contribution in [1.29, 1.82) is 0 Å². The summed E-state index contributed by atoms with van der Waals surface area (Å²) in [5.41, 5.74) is 0.708. The van der Waals surface area contributed by atoms with Crippen molar-refractivity contribution in [1.82, 2.24) is 5.32 Å². The molecule has 1 atom stereocenters. The largest absolute Gasteiger partial charge is 0.480 e. The number of benzene rings is 1. The molecule has 0 saturated heterocycles. The van der Waals surface area contributed by atoms with Crippen LogP contribution in [0.25, 0.3) is 0 Å². The first kappa shape index (κ1) is 12.3. The van der Waals surface area contributed by atoms with Gasteiger partial charge in [0.2, 0.25) is 0 Å². The molecule has 0 aromatic heterocycles. The molecule has 1 aliphatic rings. The molecule has 17 heavy (non-hydrogen) atoms. The minimum absolute atomic E-state index is 0.215. The van der Waals surface area contributed by atoms with E-state index in [1.54, 1.807) is 6.07 Å². The van der Waals surface area contributed by atoms with Crippen molar-refractivity contribution in [2.24, 2.45) is 5.92 Å². The van der Waals surface area contributed by atoms with E-state index in [0.717, 1.165) is 12.8 Å². The zero-order chi connectivity index (χ0) is 12.4. The smallest absolute Gasteiger partial charge is 0.320 e. The Balaban J connectivity index is 1.98. The summed E-state index contributed by atoms with van der Waals surface area (Å²) in [4.78, 5) is 11.0. The molecule has 2 rings (SSSR count). The normalized spacial score (nSPS) is 16.8. The van der Waals surface area contributed by atoms with Crippen molar-refractivity contribution in [3.05, 3.63) is 34.6 Å². The third kappa shape index (κ3) is 3.17. The Morgan fingerprint density at radius 2 is 2.29 bits per heavy atom. The van der Waals surface area contributed by atoms with Crippen molar-refractivity contribution in [3.8, 4) is 0 Å². The monoisotopic (exact) mass is 257 g/mol. The topological polar surface area (TPSA) is 49.3 Å². The van der Waals surface area contributed by atoms with Gasteiger partial charge in [-0.1, -0.05) is 17.7 Å². The third-order valence-corrected chi connectivity index (χ3v) is 3.24. The van der Waals surface area contributed by atoms with Crippen LogP contribution in [0.5, 0.6) is 0 Å². The lowest BCUT2D eigenvalue weighted by molar-refractivity contribution is -0.140. The van der Waals surface area contributed by atoms with Gasteiger partial charge < -0.3 is 10.4 Å². The van der Waals surface area contributed by atoms with Crippen LogP contribution in [0.2, 0.25) is 5.02 Å². The zero-order valence-corrected chi connectivity index (χ0v) is 9.88. The first-order chi connectivity index (χ1) is 8.08. The molecule has 3 nitrogen and oxygen atoms in total. The van der Waals surface area contributed by atoms with Gasteiger partial charge in [0.1, 0.15) is 11.9 Å². The molecule has 0 radical (unpaired) electrons. The maximum atomic E-state index is 12.8. The molecule has 1 aromatic rings. The average molecular weight is 258 g/mol. The number of rotatable bonds is 5. The van der Waals surface area contributed by atoms with Crippen LogP contribution < -0.4 is 5.32 Å². The minimum atomic E-state index is -0.842. The molecule has 92 valence electrons. The van der Waals surface area contributed by atoms with E-state index < -0.39 is 17.8 Å². The highest BCUT2D eigenvalue weighted by Gasteiger charge is 2.35. The molecule has 0 bridgehead atoms. The predicted molar refractivity (Wildman–Crippen MR) is 62.4 cm³/mol. The highest BCUT2D eigenvalue weighted by molar-refractivity contribution is 6.31. The minimum Gasteiger partial charge on any atom is -0.480 e.